The van der Waals surface area contributed by atoms with Gasteiger partial charge >= 0.3 is 0 Å². The number of nitrogens with zero attached hydrogens (tertiary/aromatic N) is 1. The number of nitrogens with one attached hydrogen (secondary N) is 1. The Morgan fingerprint density at radius 1 is 1.27 bits per heavy atom. The fourth-order valence-corrected chi connectivity index (χ4v) is 2.55. The van der Waals surface area contributed by atoms with E-state index in [1.54, 1.807) is 11.8 Å². The second-order valence-electron chi connectivity index (χ2n) is 5.66. The van der Waals surface area contributed by atoms with Gasteiger partial charge < -0.3 is 19.7 Å². The molecule has 0 radical (unpaired) electrons. The van der Waals surface area contributed by atoms with E-state index in [1.807, 2.05) is 18.2 Å². The lowest BCUT2D eigenvalue weighted by Gasteiger charge is -2.20. The highest BCUT2D eigenvalue weighted by Crippen LogP contribution is 2.32. The highest BCUT2D eigenvalue weighted by atomic mass is 16.7. The van der Waals surface area contributed by atoms with E-state index in [9.17, 15) is 9.59 Å². The number of benzene rings is 1. The smallest absolute Gasteiger partial charge is 0.231 e. The molecule has 1 aromatic carbocycles. The number of hydrogen-bond acceptors (Lipinski definition) is 4. The van der Waals surface area contributed by atoms with Gasteiger partial charge in [-0.3, -0.25) is 9.59 Å². The highest BCUT2D eigenvalue weighted by Gasteiger charge is 2.30. The Kier molecular flexibility index (Phi) is 4.18. The van der Waals surface area contributed by atoms with Crippen molar-refractivity contribution in [3.05, 3.63) is 23.8 Å². The minimum Gasteiger partial charge on any atom is -0.454 e. The van der Waals surface area contributed by atoms with Crippen LogP contribution < -0.4 is 14.8 Å². The molecule has 0 atom stereocenters. The van der Waals surface area contributed by atoms with Crippen LogP contribution in [0.15, 0.2) is 18.2 Å². The van der Waals surface area contributed by atoms with Crippen molar-refractivity contribution in [1.29, 1.82) is 0 Å². The van der Waals surface area contributed by atoms with Crippen molar-refractivity contribution >= 4 is 11.8 Å². The van der Waals surface area contributed by atoms with Gasteiger partial charge in [0.1, 0.15) is 0 Å². The van der Waals surface area contributed by atoms with Crippen molar-refractivity contribution < 1.29 is 19.1 Å². The molecule has 22 heavy (non-hydrogen) atoms. The number of amides is 2. The number of ether oxygens (including phenoxy) is 2. The van der Waals surface area contributed by atoms with Gasteiger partial charge in [0, 0.05) is 32.5 Å². The monoisotopic (exact) mass is 304 g/mol. The van der Waals surface area contributed by atoms with Crippen molar-refractivity contribution in [3.8, 4) is 11.5 Å². The Morgan fingerprint density at radius 2 is 2.05 bits per heavy atom. The molecule has 0 unspecified atom stereocenters. The third-order valence-electron chi connectivity index (χ3n) is 3.90. The molecule has 0 saturated heterocycles. The lowest BCUT2D eigenvalue weighted by molar-refractivity contribution is -0.130. The van der Waals surface area contributed by atoms with E-state index in [1.165, 1.54) is 0 Å². The van der Waals surface area contributed by atoms with E-state index in [2.05, 4.69) is 5.32 Å². The topological polar surface area (TPSA) is 67.9 Å². The summed E-state index contributed by atoms with van der Waals surface area (Å²) in [7, 11) is 0. The van der Waals surface area contributed by atoms with E-state index in [4.69, 9.17) is 9.47 Å². The first-order chi connectivity index (χ1) is 10.6. The lowest BCUT2D eigenvalue weighted by atomic mass is 10.2. The molecular formula is C16H20N2O4. The maximum atomic E-state index is 11.9. The van der Waals surface area contributed by atoms with Crippen LogP contribution in [0.3, 0.4) is 0 Å². The van der Waals surface area contributed by atoms with E-state index < -0.39 is 0 Å². The van der Waals surface area contributed by atoms with Crippen LogP contribution in [0.4, 0.5) is 0 Å². The average molecular weight is 304 g/mol. The van der Waals surface area contributed by atoms with Crippen LogP contribution in [-0.2, 0) is 16.1 Å². The van der Waals surface area contributed by atoms with Crippen LogP contribution in [0.5, 0.6) is 11.5 Å². The first-order valence-corrected chi connectivity index (χ1v) is 7.56. The predicted octanol–water partition coefficient (Wildman–Crippen LogP) is 1.43. The molecule has 1 aliphatic heterocycles. The molecule has 2 amide bonds. The van der Waals surface area contributed by atoms with Crippen LogP contribution in [0.1, 0.15) is 31.7 Å². The SMILES string of the molecule is CC(=O)N(CCC(=O)NCc1ccc2c(c1)OCO2)C1CC1. The molecule has 3 rings (SSSR count). The average Bonchev–Trinajstić information content (AvgIpc) is 3.21. The summed E-state index contributed by atoms with van der Waals surface area (Å²) in [4.78, 5) is 25.2. The summed E-state index contributed by atoms with van der Waals surface area (Å²) in [5, 5.41) is 2.87. The largest absolute Gasteiger partial charge is 0.454 e. The second-order valence-corrected chi connectivity index (χ2v) is 5.66. The zero-order valence-electron chi connectivity index (χ0n) is 12.6. The summed E-state index contributed by atoms with van der Waals surface area (Å²) >= 11 is 0. The Morgan fingerprint density at radius 3 is 2.77 bits per heavy atom. The van der Waals surface area contributed by atoms with Gasteiger partial charge in [-0.15, -0.1) is 0 Å². The minimum atomic E-state index is -0.0513. The molecule has 6 nitrogen and oxygen atoms in total. The zero-order chi connectivity index (χ0) is 15.5. The molecular weight excluding hydrogens is 284 g/mol. The highest BCUT2D eigenvalue weighted by molar-refractivity contribution is 5.78. The van der Waals surface area contributed by atoms with Gasteiger partial charge in [0.25, 0.3) is 0 Å². The number of fused-ring (bicyclic) bond motifs is 1. The van der Waals surface area contributed by atoms with Gasteiger partial charge in [0.15, 0.2) is 11.5 Å². The molecule has 0 bridgehead atoms. The zero-order valence-corrected chi connectivity index (χ0v) is 12.6. The summed E-state index contributed by atoms with van der Waals surface area (Å²) in [6, 6.07) is 5.96. The molecule has 1 fully saturated rings. The van der Waals surface area contributed by atoms with Crippen LogP contribution in [0, 0.1) is 0 Å². The molecule has 2 aliphatic rings. The molecule has 1 saturated carbocycles. The van der Waals surface area contributed by atoms with Crippen molar-refractivity contribution in [2.75, 3.05) is 13.3 Å². The summed E-state index contributed by atoms with van der Waals surface area (Å²) in [6.07, 6.45) is 2.44. The number of rotatable bonds is 6. The van der Waals surface area contributed by atoms with Gasteiger partial charge in [-0.2, -0.15) is 0 Å². The van der Waals surface area contributed by atoms with Crippen LogP contribution in [0.25, 0.3) is 0 Å². The third kappa shape index (κ3) is 3.50. The fourth-order valence-electron chi connectivity index (χ4n) is 2.55. The van der Waals surface area contributed by atoms with Crippen LogP contribution in [-0.4, -0.2) is 36.1 Å². The van der Waals surface area contributed by atoms with Crippen molar-refractivity contribution in [1.82, 2.24) is 10.2 Å². The van der Waals surface area contributed by atoms with Crippen molar-refractivity contribution in [3.63, 3.8) is 0 Å². The summed E-state index contributed by atoms with van der Waals surface area (Å²) in [5.41, 5.74) is 0.961. The van der Waals surface area contributed by atoms with Gasteiger partial charge in [-0.1, -0.05) is 6.07 Å². The number of hydrogen-bond donors (Lipinski definition) is 1. The molecule has 118 valence electrons. The molecule has 1 aliphatic carbocycles. The Hall–Kier alpha value is -2.24. The quantitative estimate of drug-likeness (QED) is 0.863. The number of carbonyl (C=O) groups is 2. The maximum absolute atomic E-state index is 11.9. The Balaban J connectivity index is 1.45. The first-order valence-electron chi connectivity index (χ1n) is 7.56. The van der Waals surface area contributed by atoms with Crippen molar-refractivity contribution in [2.24, 2.45) is 0 Å². The normalized spacial score (nSPS) is 15.5. The standard InChI is InChI=1S/C16H20N2O4/c1-11(19)18(13-3-4-13)7-6-16(20)17-9-12-2-5-14-15(8-12)22-10-21-14/h2,5,8,13H,3-4,6-7,9-10H2,1H3,(H,17,20). The minimum absolute atomic E-state index is 0.0473. The molecule has 1 N–H and O–H groups in total. The van der Waals surface area contributed by atoms with E-state index in [-0.39, 0.29) is 18.6 Å². The van der Waals surface area contributed by atoms with Crippen LogP contribution in [0.2, 0.25) is 0 Å². The summed E-state index contributed by atoms with van der Waals surface area (Å²) in [5.74, 6) is 1.44. The maximum Gasteiger partial charge on any atom is 0.231 e. The number of carbonyl (C=O) groups excluding carboxylic acids is 2. The van der Waals surface area contributed by atoms with E-state index in [0.29, 0.717) is 31.3 Å². The first kappa shape index (κ1) is 14.7. The predicted molar refractivity (Wildman–Crippen MR) is 79.4 cm³/mol. The van der Waals surface area contributed by atoms with Gasteiger partial charge in [-0.05, 0) is 30.5 Å². The third-order valence-corrected chi connectivity index (χ3v) is 3.90. The summed E-state index contributed by atoms with van der Waals surface area (Å²) in [6.45, 7) is 2.74. The molecule has 0 aromatic heterocycles. The van der Waals surface area contributed by atoms with E-state index in [0.717, 1.165) is 24.2 Å². The van der Waals surface area contributed by atoms with Crippen LogP contribution >= 0.6 is 0 Å². The molecule has 1 aromatic rings. The van der Waals surface area contributed by atoms with E-state index >= 15 is 0 Å². The molecule has 1 heterocycles. The fraction of sp³-hybridized carbons (Fsp3) is 0.500. The van der Waals surface area contributed by atoms with Crippen molar-refractivity contribution in [2.45, 2.75) is 38.8 Å². The Labute approximate surface area is 129 Å². The van der Waals surface area contributed by atoms with Gasteiger partial charge in [-0.25, -0.2) is 0 Å². The molecule has 6 heteroatoms. The second kappa shape index (κ2) is 6.25. The molecule has 0 spiro atoms. The Bertz CT molecular complexity index is 584. The van der Waals surface area contributed by atoms with Gasteiger partial charge in [0.05, 0.1) is 0 Å². The van der Waals surface area contributed by atoms with Gasteiger partial charge in [0.2, 0.25) is 18.6 Å². The summed E-state index contributed by atoms with van der Waals surface area (Å²) < 4.78 is 10.6. The lowest BCUT2D eigenvalue weighted by Crippen LogP contribution is -2.35.